The molecule has 0 N–H and O–H groups in total. The standard InChI is InChI=1S/C39H42O8/c1-39(2,3)38(41)46-25-31-30(20-28-16-18-32(34(21-28)42-4)44-23-26-12-8-6-9-13-26)37(40)47-36(31)29-17-19-33(35(22-29)43-5)45-24-27-14-10-7-11-15-27/h6-19,21-22,30-31,36H,20,23-25H2,1-5H3/t30-,31-,36-/m1/s1. The van der Waals surface area contributed by atoms with E-state index in [0.29, 0.717) is 42.6 Å². The number of benzene rings is 4. The van der Waals surface area contributed by atoms with Gasteiger partial charge in [0.15, 0.2) is 23.0 Å². The highest BCUT2D eigenvalue weighted by molar-refractivity contribution is 5.77. The molecule has 1 heterocycles. The van der Waals surface area contributed by atoms with Gasteiger partial charge in [0.05, 0.1) is 32.2 Å². The number of esters is 2. The minimum Gasteiger partial charge on any atom is -0.493 e. The molecule has 8 nitrogen and oxygen atoms in total. The quantitative estimate of drug-likeness (QED) is 0.139. The van der Waals surface area contributed by atoms with Crippen molar-refractivity contribution in [1.82, 2.24) is 0 Å². The van der Waals surface area contributed by atoms with Crippen LogP contribution >= 0.6 is 0 Å². The van der Waals surface area contributed by atoms with Gasteiger partial charge in [-0.25, -0.2) is 0 Å². The molecule has 1 saturated heterocycles. The van der Waals surface area contributed by atoms with Crippen LogP contribution in [0.2, 0.25) is 0 Å². The number of hydrogen-bond acceptors (Lipinski definition) is 8. The summed E-state index contributed by atoms with van der Waals surface area (Å²) in [5, 5.41) is 0. The topological polar surface area (TPSA) is 89.5 Å². The number of carbonyl (C=O) groups is 2. The number of rotatable bonds is 13. The fourth-order valence-electron chi connectivity index (χ4n) is 5.49. The van der Waals surface area contributed by atoms with Crippen molar-refractivity contribution < 1.29 is 38.0 Å². The Morgan fingerprint density at radius 3 is 1.81 bits per heavy atom. The molecular weight excluding hydrogens is 596 g/mol. The largest absolute Gasteiger partial charge is 0.493 e. The van der Waals surface area contributed by atoms with Gasteiger partial charge in [-0.15, -0.1) is 0 Å². The summed E-state index contributed by atoms with van der Waals surface area (Å²) in [6, 6.07) is 30.9. The molecule has 8 heteroatoms. The summed E-state index contributed by atoms with van der Waals surface area (Å²) in [5.74, 6) is 0.509. The fourth-order valence-corrected chi connectivity index (χ4v) is 5.49. The van der Waals surface area contributed by atoms with E-state index in [4.69, 9.17) is 28.4 Å². The molecule has 0 bridgehead atoms. The molecule has 5 rings (SSSR count). The van der Waals surface area contributed by atoms with Crippen molar-refractivity contribution in [2.45, 2.75) is 46.5 Å². The minimum atomic E-state index is -0.696. The molecule has 0 amide bonds. The van der Waals surface area contributed by atoms with Crippen molar-refractivity contribution in [1.29, 1.82) is 0 Å². The van der Waals surface area contributed by atoms with Crippen LogP contribution in [0.3, 0.4) is 0 Å². The summed E-state index contributed by atoms with van der Waals surface area (Å²) in [5.41, 5.74) is 2.96. The van der Waals surface area contributed by atoms with Gasteiger partial charge in [0.1, 0.15) is 19.3 Å². The molecule has 0 radical (unpaired) electrons. The van der Waals surface area contributed by atoms with E-state index in [-0.39, 0.29) is 18.5 Å². The predicted molar refractivity (Wildman–Crippen MR) is 177 cm³/mol. The highest BCUT2D eigenvalue weighted by Crippen LogP contribution is 2.44. The normalized spacial score (nSPS) is 17.5. The molecule has 47 heavy (non-hydrogen) atoms. The highest BCUT2D eigenvalue weighted by atomic mass is 16.6. The Bertz CT molecular complexity index is 1650. The zero-order valence-corrected chi connectivity index (χ0v) is 27.6. The van der Waals surface area contributed by atoms with Gasteiger partial charge in [-0.2, -0.15) is 0 Å². The smallest absolute Gasteiger partial charge is 0.311 e. The van der Waals surface area contributed by atoms with Gasteiger partial charge < -0.3 is 28.4 Å². The van der Waals surface area contributed by atoms with Crippen molar-refractivity contribution in [3.05, 3.63) is 119 Å². The summed E-state index contributed by atoms with van der Waals surface area (Å²) in [6.07, 6.45) is -0.301. The van der Waals surface area contributed by atoms with Gasteiger partial charge in [0.25, 0.3) is 0 Å². The Labute approximate surface area is 276 Å². The van der Waals surface area contributed by atoms with E-state index in [0.717, 1.165) is 22.3 Å². The third-order valence-corrected chi connectivity index (χ3v) is 8.15. The third-order valence-electron chi connectivity index (χ3n) is 8.15. The Morgan fingerprint density at radius 1 is 0.702 bits per heavy atom. The molecule has 0 unspecified atom stereocenters. The molecule has 0 spiro atoms. The number of methoxy groups -OCH3 is 2. The van der Waals surface area contributed by atoms with E-state index in [1.807, 2.05) is 97.1 Å². The summed E-state index contributed by atoms with van der Waals surface area (Å²) in [6.45, 7) is 6.19. The summed E-state index contributed by atoms with van der Waals surface area (Å²) in [7, 11) is 3.16. The molecule has 4 aromatic carbocycles. The predicted octanol–water partition coefficient (Wildman–Crippen LogP) is 7.52. The van der Waals surface area contributed by atoms with Crippen LogP contribution in [-0.4, -0.2) is 32.8 Å². The lowest BCUT2D eigenvalue weighted by atomic mass is 9.83. The average Bonchev–Trinajstić information content (AvgIpc) is 3.39. The van der Waals surface area contributed by atoms with Gasteiger partial charge >= 0.3 is 11.9 Å². The monoisotopic (exact) mass is 638 g/mol. The lowest BCUT2D eigenvalue weighted by Gasteiger charge is -2.24. The highest BCUT2D eigenvalue weighted by Gasteiger charge is 2.46. The third kappa shape index (κ3) is 8.44. The first-order chi connectivity index (χ1) is 22.7. The van der Waals surface area contributed by atoms with Gasteiger partial charge in [-0.1, -0.05) is 72.8 Å². The van der Waals surface area contributed by atoms with Gasteiger partial charge in [0.2, 0.25) is 0 Å². The van der Waals surface area contributed by atoms with Crippen LogP contribution in [0.15, 0.2) is 97.1 Å². The number of cyclic esters (lactones) is 1. The summed E-state index contributed by atoms with van der Waals surface area (Å²) >= 11 is 0. The van der Waals surface area contributed by atoms with Gasteiger partial charge in [-0.3, -0.25) is 9.59 Å². The van der Waals surface area contributed by atoms with Crippen LogP contribution in [-0.2, 0) is 38.7 Å². The number of hydrogen-bond donors (Lipinski definition) is 0. The SMILES string of the molecule is COc1cc(C[C@H]2C(=O)O[C@H](c3ccc(OCc4ccccc4)c(OC)c3)[C@@H]2COC(=O)C(C)(C)C)ccc1OCc1ccccc1. The Kier molecular flexibility index (Phi) is 10.7. The van der Waals surface area contributed by atoms with E-state index in [1.54, 1.807) is 35.0 Å². The summed E-state index contributed by atoms with van der Waals surface area (Å²) < 4.78 is 35.2. The molecule has 0 saturated carbocycles. The molecule has 4 aromatic rings. The lowest BCUT2D eigenvalue weighted by molar-refractivity contribution is -0.155. The first-order valence-corrected chi connectivity index (χ1v) is 15.7. The molecule has 246 valence electrons. The zero-order valence-electron chi connectivity index (χ0n) is 27.6. The van der Waals surface area contributed by atoms with Crippen LogP contribution in [0.1, 0.15) is 49.1 Å². The van der Waals surface area contributed by atoms with Crippen molar-refractivity contribution >= 4 is 11.9 Å². The van der Waals surface area contributed by atoms with Crippen molar-refractivity contribution in [3.8, 4) is 23.0 Å². The van der Waals surface area contributed by atoms with E-state index in [1.165, 1.54) is 0 Å². The summed E-state index contributed by atoms with van der Waals surface area (Å²) in [4.78, 5) is 26.3. The second-order valence-corrected chi connectivity index (χ2v) is 12.6. The molecule has 0 aliphatic carbocycles. The Hall–Kier alpha value is -4.98. The van der Waals surface area contributed by atoms with Crippen LogP contribution in [0.25, 0.3) is 0 Å². The maximum Gasteiger partial charge on any atom is 0.311 e. The zero-order chi connectivity index (χ0) is 33.4. The first kappa shape index (κ1) is 33.4. The van der Waals surface area contributed by atoms with Crippen LogP contribution in [0.4, 0.5) is 0 Å². The van der Waals surface area contributed by atoms with E-state index < -0.39 is 23.4 Å². The van der Waals surface area contributed by atoms with Gasteiger partial charge in [-0.05, 0) is 73.7 Å². The molecule has 1 fully saturated rings. The lowest BCUT2D eigenvalue weighted by Crippen LogP contribution is -2.29. The molecule has 1 aliphatic heterocycles. The van der Waals surface area contributed by atoms with Gasteiger partial charge in [0, 0.05) is 5.92 Å². The van der Waals surface area contributed by atoms with Crippen molar-refractivity contribution in [2.75, 3.05) is 20.8 Å². The molecular formula is C39H42O8. The molecule has 0 aromatic heterocycles. The van der Waals surface area contributed by atoms with Crippen molar-refractivity contribution in [3.63, 3.8) is 0 Å². The van der Waals surface area contributed by atoms with E-state index >= 15 is 0 Å². The van der Waals surface area contributed by atoms with E-state index in [2.05, 4.69) is 0 Å². The molecule has 1 aliphatic rings. The Balaban J connectivity index is 1.37. The van der Waals surface area contributed by atoms with Crippen LogP contribution in [0.5, 0.6) is 23.0 Å². The van der Waals surface area contributed by atoms with Crippen LogP contribution < -0.4 is 18.9 Å². The molecule has 3 atom stereocenters. The number of ether oxygens (including phenoxy) is 6. The average molecular weight is 639 g/mol. The second-order valence-electron chi connectivity index (χ2n) is 12.6. The van der Waals surface area contributed by atoms with E-state index in [9.17, 15) is 9.59 Å². The second kappa shape index (κ2) is 15.1. The maximum atomic E-state index is 13.5. The maximum absolute atomic E-state index is 13.5. The minimum absolute atomic E-state index is 0.0150. The fraction of sp³-hybridized carbons (Fsp3) is 0.333. The number of carbonyl (C=O) groups excluding carboxylic acids is 2. The Morgan fingerprint density at radius 2 is 1.26 bits per heavy atom. The first-order valence-electron chi connectivity index (χ1n) is 15.7. The van der Waals surface area contributed by atoms with Crippen LogP contribution in [0, 0.1) is 17.3 Å². The van der Waals surface area contributed by atoms with Crippen molar-refractivity contribution in [2.24, 2.45) is 17.3 Å².